The van der Waals surface area contributed by atoms with Crippen LogP contribution < -0.4 is 0 Å². The molecule has 0 saturated heterocycles. The molecule has 404 valence electrons. The van der Waals surface area contributed by atoms with E-state index in [1.807, 2.05) is 0 Å². The normalized spacial score (nSPS) is 11.9. The highest BCUT2D eigenvalue weighted by atomic mass is 16.5. The third-order valence-corrected chi connectivity index (χ3v) is 13.7. The molecule has 0 heterocycles. The summed E-state index contributed by atoms with van der Waals surface area (Å²) >= 11 is 0. The fraction of sp³-hybridized carbons (Fsp3) is 0.814. The summed E-state index contributed by atoms with van der Waals surface area (Å²) in [6, 6.07) is 4.25. The van der Waals surface area contributed by atoms with Crippen molar-refractivity contribution < 1.29 is 47.7 Å². The Balaban J connectivity index is 2.59. The molecule has 0 saturated carbocycles. The molecule has 70 heavy (non-hydrogen) atoms. The Hall–Kier alpha value is -3.31. The van der Waals surface area contributed by atoms with Gasteiger partial charge in [0.1, 0.15) is 6.29 Å². The summed E-state index contributed by atoms with van der Waals surface area (Å²) in [4.78, 5) is 66.2. The van der Waals surface area contributed by atoms with Crippen LogP contribution in [0, 0.1) is 17.8 Å². The van der Waals surface area contributed by atoms with E-state index in [1.54, 1.807) is 0 Å². The fourth-order valence-corrected chi connectivity index (χ4v) is 9.00. The van der Waals surface area contributed by atoms with Crippen LogP contribution in [0.1, 0.15) is 265 Å². The molecular weight excluding hydrogens is 883 g/mol. The topological polar surface area (TPSA) is 135 Å². The van der Waals surface area contributed by atoms with Crippen LogP contribution in [0.3, 0.4) is 0 Å². The van der Waals surface area contributed by atoms with Gasteiger partial charge in [-0.15, -0.1) is 0 Å². The summed E-state index contributed by atoms with van der Waals surface area (Å²) in [6.45, 7) is 18.0. The van der Waals surface area contributed by atoms with Gasteiger partial charge in [-0.2, -0.15) is 0 Å². The first-order valence-corrected chi connectivity index (χ1v) is 28.7. The van der Waals surface area contributed by atoms with E-state index in [2.05, 4.69) is 46.4 Å². The lowest BCUT2D eigenvalue weighted by molar-refractivity contribution is -0.144. The van der Waals surface area contributed by atoms with E-state index >= 15 is 0 Å². The van der Waals surface area contributed by atoms with Crippen molar-refractivity contribution in [3.63, 3.8) is 0 Å². The third kappa shape index (κ3) is 34.1. The lowest BCUT2D eigenvalue weighted by atomic mass is 9.92. The van der Waals surface area contributed by atoms with Crippen molar-refractivity contribution >= 4 is 30.2 Å². The van der Waals surface area contributed by atoms with Gasteiger partial charge in [-0.1, -0.05) is 183 Å². The van der Waals surface area contributed by atoms with Crippen LogP contribution in [0.2, 0.25) is 0 Å². The van der Waals surface area contributed by atoms with Gasteiger partial charge < -0.3 is 33.4 Å². The molecule has 0 aromatic heterocycles. The molecule has 0 radical (unpaired) electrons. The van der Waals surface area contributed by atoms with Crippen molar-refractivity contribution in [1.29, 1.82) is 0 Å². The Morgan fingerprint density at radius 1 is 0.443 bits per heavy atom. The first-order chi connectivity index (χ1) is 34.1. The van der Waals surface area contributed by atoms with Crippen molar-refractivity contribution in [2.75, 3.05) is 59.3 Å². The Morgan fingerprint density at radius 3 is 1.29 bits per heavy atom. The number of rotatable bonds is 49. The van der Waals surface area contributed by atoms with Crippen LogP contribution >= 0.6 is 0 Å². The highest BCUT2D eigenvalue weighted by Crippen LogP contribution is 2.23. The summed E-state index contributed by atoms with van der Waals surface area (Å²) in [5.74, 6) is -0.749. The lowest BCUT2D eigenvalue weighted by Gasteiger charge is -2.18. The predicted octanol–water partition coefficient (Wildman–Crippen LogP) is 14.9. The van der Waals surface area contributed by atoms with Crippen molar-refractivity contribution in [1.82, 2.24) is 4.90 Å². The number of hydrogen-bond donors (Lipinski definition) is 0. The number of benzene rings is 1. The summed E-state index contributed by atoms with van der Waals surface area (Å²) in [7, 11) is 0. The van der Waals surface area contributed by atoms with Gasteiger partial charge in [0.15, 0.2) is 0 Å². The smallest absolute Gasteiger partial charge is 0.338 e. The van der Waals surface area contributed by atoms with Crippen molar-refractivity contribution in [3.05, 3.63) is 34.9 Å². The van der Waals surface area contributed by atoms with Crippen LogP contribution in [0.15, 0.2) is 18.2 Å². The van der Waals surface area contributed by atoms with Crippen LogP contribution in [-0.4, -0.2) is 94.3 Å². The Kier molecular flexibility index (Phi) is 42.1. The van der Waals surface area contributed by atoms with E-state index in [1.165, 1.54) is 121 Å². The summed E-state index contributed by atoms with van der Waals surface area (Å²) in [5, 5.41) is 0. The second-order valence-corrected chi connectivity index (χ2v) is 19.8. The number of unbranched alkanes of at least 4 members (excludes halogenated alkanes) is 15. The van der Waals surface area contributed by atoms with Crippen molar-refractivity contribution in [3.8, 4) is 0 Å². The second-order valence-electron chi connectivity index (χ2n) is 19.8. The van der Waals surface area contributed by atoms with Gasteiger partial charge in [-0.3, -0.25) is 4.79 Å². The maximum atomic E-state index is 13.3. The monoisotopic (exact) mass is 986 g/mol. The minimum atomic E-state index is -0.626. The molecule has 1 atom stereocenters. The van der Waals surface area contributed by atoms with Gasteiger partial charge in [-0.05, 0) is 88.1 Å². The molecule has 0 aliphatic carbocycles. The molecule has 1 aromatic carbocycles. The van der Waals surface area contributed by atoms with E-state index in [0.29, 0.717) is 57.3 Å². The zero-order valence-corrected chi connectivity index (χ0v) is 45.6. The highest BCUT2D eigenvalue weighted by Gasteiger charge is 2.20. The number of aldehydes is 1. The molecule has 0 bridgehead atoms. The lowest BCUT2D eigenvalue weighted by Crippen LogP contribution is -2.25. The van der Waals surface area contributed by atoms with Crippen molar-refractivity contribution in [2.45, 2.75) is 234 Å². The molecule has 0 N–H and O–H groups in total. The Morgan fingerprint density at radius 2 is 0.843 bits per heavy atom. The van der Waals surface area contributed by atoms with E-state index in [9.17, 15) is 24.0 Å². The van der Waals surface area contributed by atoms with Crippen molar-refractivity contribution in [2.24, 2.45) is 17.8 Å². The Labute approximate surface area is 427 Å². The molecule has 1 aromatic rings. The van der Waals surface area contributed by atoms with E-state index < -0.39 is 17.9 Å². The summed E-state index contributed by atoms with van der Waals surface area (Å²) in [6.07, 6.45) is 32.3. The van der Waals surface area contributed by atoms with Crippen LogP contribution in [0.4, 0.5) is 0 Å². The zero-order valence-electron chi connectivity index (χ0n) is 45.6. The fourth-order valence-electron chi connectivity index (χ4n) is 9.00. The van der Waals surface area contributed by atoms with Gasteiger partial charge in [-0.25, -0.2) is 14.4 Å². The minimum Gasteiger partial charge on any atom is -0.466 e. The highest BCUT2D eigenvalue weighted by molar-refractivity contribution is 6.00. The average molecular weight is 986 g/mol. The number of ether oxygens (including phenoxy) is 5. The summed E-state index contributed by atoms with van der Waals surface area (Å²) in [5.41, 5.74) is 0.265. The maximum absolute atomic E-state index is 13.3. The van der Waals surface area contributed by atoms with Gasteiger partial charge >= 0.3 is 23.9 Å². The number of nitrogens with zero attached hydrogens (tertiary/aromatic N) is 1. The number of carbonyl (C=O) groups is 5. The number of hydrogen-bond acceptors (Lipinski definition) is 11. The molecule has 0 amide bonds. The van der Waals surface area contributed by atoms with Gasteiger partial charge in [0, 0.05) is 25.5 Å². The molecule has 0 aliphatic heterocycles. The molecule has 11 heteroatoms. The van der Waals surface area contributed by atoms with E-state index in [-0.39, 0.29) is 48.4 Å². The van der Waals surface area contributed by atoms with Gasteiger partial charge in [0.05, 0.1) is 49.7 Å². The third-order valence-electron chi connectivity index (χ3n) is 13.7. The van der Waals surface area contributed by atoms with E-state index in [4.69, 9.17) is 23.7 Å². The largest absolute Gasteiger partial charge is 0.466 e. The first-order valence-electron chi connectivity index (χ1n) is 28.7. The first kappa shape index (κ1) is 64.7. The average Bonchev–Trinajstić information content (AvgIpc) is 3.36. The quantitative estimate of drug-likeness (QED) is 0.0267. The zero-order chi connectivity index (χ0) is 51.3. The molecule has 1 rings (SSSR count). The predicted molar refractivity (Wildman–Crippen MR) is 285 cm³/mol. The molecule has 0 fully saturated rings. The number of carbonyl (C=O) groups excluding carboxylic acids is 5. The molecule has 0 aliphatic rings. The number of esters is 4. The summed E-state index contributed by atoms with van der Waals surface area (Å²) < 4.78 is 28.4. The molecular formula is C59H103NO10. The molecule has 0 spiro atoms. The second kappa shape index (κ2) is 45.5. The van der Waals surface area contributed by atoms with Crippen LogP contribution in [-0.2, 0) is 33.3 Å². The molecule has 1 unspecified atom stereocenters. The Bertz CT molecular complexity index is 1440. The van der Waals surface area contributed by atoms with Crippen LogP contribution in [0.5, 0.6) is 0 Å². The maximum Gasteiger partial charge on any atom is 0.338 e. The van der Waals surface area contributed by atoms with Gasteiger partial charge in [0.2, 0.25) is 0 Å². The van der Waals surface area contributed by atoms with Gasteiger partial charge in [0.25, 0.3) is 0 Å². The minimum absolute atomic E-state index is 0.0868. The standard InChI is InChI=1S/C59H103NO10/c1-7-13-22-31-50(32-23-14-8-2)37-43-66-49-52(48-61)35-26-19-21-29-41-69-58(64)54-45-53(46-55(47-54)59(65)70-42-30-39-60(11-5)12-6)57(63)68-40-28-20-17-18-27-36-56(62)67-44-38-51(33-24-15-9-3)34-25-16-10-4/h45-48,50-52H,7-44,49H2,1-6H3. The SMILES string of the molecule is CCCCCC(CCCCC)CCOCC(C=O)CCCCCCOC(=O)c1cc(C(=O)OCCCCCCCC(=O)OCCC(CCCCC)CCCCC)cc(C(=O)OCCCN(CC)CC)c1. The van der Waals surface area contributed by atoms with Crippen LogP contribution in [0.25, 0.3) is 0 Å². The van der Waals surface area contributed by atoms with E-state index in [0.717, 1.165) is 90.1 Å². The molecule has 11 nitrogen and oxygen atoms in total.